The number of para-hydroxylation sites is 1. The summed E-state index contributed by atoms with van der Waals surface area (Å²) in [5.74, 6) is -0.578. The molecule has 156 valence electrons. The molecule has 2 aromatic carbocycles. The van der Waals surface area contributed by atoms with Gasteiger partial charge in [-0.25, -0.2) is 22.5 Å². The number of aliphatic hydroxyl groups is 1. The van der Waals surface area contributed by atoms with Crippen LogP contribution in [0.2, 0.25) is 0 Å². The molecule has 3 aromatic rings. The highest BCUT2D eigenvalue weighted by molar-refractivity contribution is 7.89. The van der Waals surface area contributed by atoms with E-state index < -0.39 is 27.2 Å². The third-order valence-corrected chi connectivity index (χ3v) is 5.51. The fourth-order valence-corrected chi connectivity index (χ4v) is 3.61. The van der Waals surface area contributed by atoms with Crippen LogP contribution in [-0.2, 0) is 10.0 Å². The van der Waals surface area contributed by atoms with E-state index in [-0.39, 0.29) is 23.6 Å². The van der Waals surface area contributed by atoms with Gasteiger partial charge in [-0.05, 0) is 36.4 Å². The van der Waals surface area contributed by atoms with Crippen LogP contribution in [0.3, 0.4) is 0 Å². The van der Waals surface area contributed by atoms with Gasteiger partial charge in [0, 0.05) is 12.8 Å². The summed E-state index contributed by atoms with van der Waals surface area (Å²) >= 11 is 0. The molecule has 0 aliphatic rings. The van der Waals surface area contributed by atoms with Crippen molar-refractivity contribution in [2.45, 2.75) is 4.90 Å². The SMILES string of the molecule is O=c1[nH]c(=O)n(-c2ccccc2)c(O)c1C=Nc1ccc(S(=O)(=O)NCCO)cc1. The molecule has 0 unspecified atom stereocenters. The van der Waals surface area contributed by atoms with Crippen LogP contribution in [0.4, 0.5) is 5.69 Å². The van der Waals surface area contributed by atoms with Gasteiger partial charge in [0.15, 0.2) is 0 Å². The second-order valence-corrected chi connectivity index (χ2v) is 7.81. The number of aromatic amines is 1. The van der Waals surface area contributed by atoms with E-state index >= 15 is 0 Å². The van der Waals surface area contributed by atoms with Gasteiger partial charge in [0.2, 0.25) is 15.9 Å². The first kappa shape index (κ1) is 21.2. The molecule has 1 heterocycles. The lowest BCUT2D eigenvalue weighted by atomic mass is 10.3. The number of nitrogens with one attached hydrogen (secondary N) is 2. The van der Waals surface area contributed by atoms with E-state index in [9.17, 15) is 23.1 Å². The number of aliphatic imine (C=N–C) groups is 1. The number of rotatable bonds is 7. The lowest BCUT2D eigenvalue weighted by Gasteiger charge is -2.09. The van der Waals surface area contributed by atoms with Crippen LogP contribution < -0.4 is 16.0 Å². The fraction of sp³-hybridized carbons (Fsp3) is 0.105. The molecule has 1 aromatic heterocycles. The van der Waals surface area contributed by atoms with Gasteiger partial charge in [0.1, 0.15) is 5.56 Å². The molecule has 0 spiro atoms. The van der Waals surface area contributed by atoms with E-state index in [1.807, 2.05) is 0 Å². The molecule has 11 heteroatoms. The van der Waals surface area contributed by atoms with Crippen LogP contribution in [0.1, 0.15) is 5.56 Å². The maximum Gasteiger partial charge on any atom is 0.335 e. The molecular formula is C19H18N4O6S. The Morgan fingerprint density at radius 2 is 1.73 bits per heavy atom. The van der Waals surface area contributed by atoms with Gasteiger partial charge >= 0.3 is 5.69 Å². The lowest BCUT2D eigenvalue weighted by Crippen LogP contribution is -2.31. The largest absolute Gasteiger partial charge is 0.493 e. The van der Waals surface area contributed by atoms with E-state index in [2.05, 4.69) is 14.7 Å². The Bertz CT molecular complexity index is 1280. The Balaban J connectivity index is 1.93. The number of hydrogen-bond donors (Lipinski definition) is 4. The zero-order valence-electron chi connectivity index (χ0n) is 15.5. The minimum Gasteiger partial charge on any atom is -0.493 e. The highest BCUT2D eigenvalue weighted by atomic mass is 32.2. The molecule has 0 aliphatic heterocycles. The first-order valence-electron chi connectivity index (χ1n) is 8.72. The smallest absolute Gasteiger partial charge is 0.335 e. The van der Waals surface area contributed by atoms with Gasteiger partial charge in [-0.3, -0.25) is 14.8 Å². The Kier molecular flexibility index (Phi) is 6.26. The Labute approximate surface area is 170 Å². The molecule has 10 nitrogen and oxygen atoms in total. The predicted octanol–water partition coefficient (Wildman–Crippen LogP) is 0.253. The highest BCUT2D eigenvalue weighted by Crippen LogP contribution is 2.18. The summed E-state index contributed by atoms with van der Waals surface area (Å²) in [4.78, 5) is 30.4. The van der Waals surface area contributed by atoms with Crippen molar-refractivity contribution in [3.8, 4) is 11.6 Å². The average molecular weight is 430 g/mol. The minimum absolute atomic E-state index is 0.0202. The van der Waals surface area contributed by atoms with Crippen molar-refractivity contribution in [2.75, 3.05) is 13.2 Å². The Morgan fingerprint density at radius 1 is 1.07 bits per heavy atom. The van der Waals surface area contributed by atoms with Gasteiger partial charge in [0.05, 0.1) is 22.9 Å². The summed E-state index contributed by atoms with van der Waals surface area (Å²) in [5.41, 5.74) is -1.19. The van der Waals surface area contributed by atoms with Gasteiger partial charge in [-0.1, -0.05) is 18.2 Å². The first-order chi connectivity index (χ1) is 14.3. The summed E-state index contributed by atoms with van der Waals surface area (Å²) in [5, 5.41) is 19.2. The van der Waals surface area contributed by atoms with Crippen molar-refractivity contribution in [3.05, 3.63) is 81.0 Å². The van der Waals surface area contributed by atoms with E-state index in [0.29, 0.717) is 11.4 Å². The van der Waals surface area contributed by atoms with Crippen molar-refractivity contribution in [2.24, 2.45) is 4.99 Å². The first-order valence-corrected chi connectivity index (χ1v) is 10.2. The summed E-state index contributed by atoms with van der Waals surface area (Å²) in [6.45, 7) is -0.438. The minimum atomic E-state index is -3.76. The number of nitrogens with zero attached hydrogens (tertiary/aromatic N) is 2. The van der Waals surface area contributed by atoms with Gasteiger partial charge in [-0.15, -0.1) is 0 Å². The molecule has 0 bridgehead atoms. The zero-order valence-corrected chi connectivity index (χ0v) is 16.3. The number of benzene rings is 2. The molecule has 3 rings (SSSR count). The summed E-state index contributed by atoms with van der Waals surface area (Å²) < 4.78 is 27.2. The van der Waals surface area contributed by atoms with Crippen molar-refractivity contribution in [3.63, 3.8) is 0 Å². The van der Waals surface area contributed by atoms with Crippen LogP contribution >= 0.6 is 0 Å². The molecule has 0 amide bonds. The third-order valence-electron chi connectivity index (χ3n) is 4.03. The number of H-pyrrole nitrogens is 1. The van der Waals surface area contributed by atoms with Gasteiger partial charge < -0.3 is 10.2 Å². The Morgan fingerprint density at radius 3 is 2.37 bits per heavy atom. The van der Waals surface area contributed by atoms with Crippen molar-refractivity contribution in [1.29, 1.82) is 0 Å². The van der Waals surface area contributed by atoms with Gasteiger partial charge in [0.25, 0.3) is 5.56 Å². The summed E-state index contributed by atoms with van der Waals surface area (Å²) in [6.07, 6.45) is 1.08. The van der Waals surface area contributed by atoms with Crippen molar-refractivity contribution in [1.82, 2.24) is 14.3 Å². The average Bonchev–Trinajstić information content (AvgIpc) is 2.73. The zero-order chi connectivity index (χ0) is 21.7. The van der Waals surface area contributed by atoms with Crippen LogP contribution in [0.5, 0.6) is 5.88 Å². The maximum atomic E-state index is 12.1. The number of sulfonamides is 1. The molecule has 0 saturated carbocycles. The van der Waals surface area contributed by atoms with Crippen LogP contribution in [0.25, 0.3) is 5.69 Å². The number of aliphatic hydroxyl groups excluding tert-OH is 1. The standard InChI is InChI=1S/C19H18N4O6S/c24-11-10-21-30(28,29)15-8-6-13(7-9-15)20-12-16-17(25)22-19(27)23(18(16)26)14-4-2-1-3-5-14/h1-9,12,21,24,26H,10-11H2,(H,22,25,27). The summed E-state index contributed by atoms with van der Waals surface area (Å²) in [6, 6.07) is 13.7. The van der Waals surface area contributed by atoms with Gasteiger partial charge in [-0.2, -0.15) is 0 Å². The van der Waals surface area contributed by atoms with E-state index in [1.54, 1.807) is 30.3 Å². The number of hydrogen-bond acceptors (Lipinski definition) is 7. The molecule has 0 radical (unpaired) electrons. The van der Waals surface area contributed by atoms with Crippen molar-refractivity contribution < 1.29 is 18.6 Å². The molecule has 0 fully saturated rings. The third kappa shape index (κ3) is 4.54. The van der Waals surface area contributed by atoms with Crippen LogP contribution in [-0.4, -0.2) is 47.5 Å². The molecule has 0 atom stereocenters. The number of aromatic hydroxyl groups is 1. The highest BCUT2D eigenvalue weighted by Gasteiger charge is 2.15. The Hall–Kier alpha value is -3.54. The topological polar surface area (TPSA) is 154 Å². The van der Waals surface area contributed by atoms with Crippen LogP contribution in [0.15, 0.2) is 74.1 Å². The molecule has 4 N–H and O–H groups in total. The van der Waals surface area contributed by atoms with E-state index in [4.69, 9.17) is 5.11 Å². The molecule has 0 aliphatic carbocycles. The van der Waals surface area contributed by atoms with E-state index in [0.717, 1.165) is 10.8 Å². The quantitative estimate of drug-likeness (QED) is 0.394. The molecule has 30 heavy (non-hydrogen) atoms. The predicted molar refractivity (Wildman–Crippen MR) is 110 cm³/mol. The molecular weight excluding hydrogens is 412 g/mol. The second kappa shape index (κ2) is 8.86. The van der Waals surface area contributed by atoms with E-state index in [1.165, 1.54) is 24.3 Å². The summed E-state index contributed by atoms with van der Waals surface area (Å²) in [7, 11) is -3.76. The maximum absolute atomic E-state index is 12.1. The lowest BCUT2D eigenvalue weighted by molar-refractivity contribution is 0.301. The van der Waals surface area contributed by atoms with Crippen molar-refractivity contribution >= 4 is 21.9 Å². The monoisotopic (exact) mass is 430 g/mol. The fourth-order valence-electron chi connectivity index (χ4n) is 2.59. The second-order valence-electron chi connectivity index (χ2n) is 6.04. The van der Waals surface area contributed by atoms with Crippen LogP contribution in [0, 0.1) is 0 Å². The molecule has 0 saturated heterocycles. The number of aromatic nitrogens is 2. The normalized spacial score (nSPS) is 11.8.